The summed E-state index contributed by atoms with van der Waals surface area (Å²) >= 11 is 0. The molecule has 0 amide bonds. The predicted octanol–water partition coefficient (Wildman–Crippen LogP) is 3.28. The molecule has 3 unspecified atom stereocenters. The molecule has 11 nitrogen and oxygen atoms in total. The van der Waals surface area contributed by atoms with Gasteiger partial charge in [-0.05, 0) is 24.1 Å². The van der Waals surface area contributed by atoms with Gasteiger partial charge < -0.3 is 18.9 Å². The number of esters is 2. The molecule has 38 heavy (non-hydrogen) atoms. The summed E-state index contributed by atoms with van der Waals surface area (Å²) in [6.07, 6.45) is 0.448. The van der Waals surface area contributed by atoms with Crippen LogP contribution in [0, 0.1) is 27.4 Å². The first kappa shape index (κ1) is 26.5. The van der Waals surface area contributed by atoms with Crippen molar-refractivity contribution in [3.05, 3.63) is 81.0 Å². The monoisotopic (exact) mass is 519 g/mol. The molecule has 0 N–H and O–H groups in total. The van der Waals surface area contributed by atoms with Crippen LogP contribution in [-0.4, -0.2) is 55.6 Å². The molecule has 2 aromatic carbocycles. The van der Waals surface area contributed by atoms with Gasteiger partial charge in [0, 0.05) is 30.2 Å². The minimum atomic E-state index is -1.28. The Kier molecular flexibility index (Phi) is 8.13. The molecule has 2 heterocycles. The summed E-state index contributed by atoms with van der Waals surface area (Å²) in [5.74, 6) is -3.24. The van der Waals surface area contributed by atoms with Crippen molar-refractivity contribution in [3.63, 3.8) is 0 Å². The summed E-state index contributed by atoms with van der Waals surface area (Å²) in [5.41, 5.74) is 0.929. The van der Waals surface area contributed by atoms with Crippen LogP contribution in [0.4, 0.5) is 5.69 Å². The van der Waals surface area contributed by atoms with Crippen molar-refractivity contribution in [2.24, 2.45) is 10.9 Å². The van der Waals surface area contributed by atoms with E-state index >= 15 is 0 Å². The third-order valence-corrected chi connectivity index (χ3v) is 6.25. The largest absolute Gasteiger partial charge is 0.491 e. The molecule has 2 aromatic rings. The first-order valence-electron chi connectivity index (χ1n) is 11.8. The van der Waals surface area contributed by atoms with Crippen LogP contribution in [0.25, 0.3) is 0 Å². The topological polar surface area (TPSA) is 154 Å². The molecule has 2 aliphatic rings. The molecule has 2 aliphatic heterocycles. The Balaban J connectivity index is 1.60. The molecule has 4 rings (SSSR count). The molecule has 0 aromatic heterocycles. The van der Waals surface area contributed by atoms with Crippen LogP contribution in [0.15, 0.2) is 64.8 Å². The molecule has 1 saturated heterocycles. The Morgan fingerprint density at radius 3 is 2.68 bits per heavy atom. The van der Waals surface area contributed by atoms with E-state index in [1.54, 1.807) is 6.07 Å². The Hall–Kier alpha value is -4.56. The summed E-state index contributed by atoms with van der Waals surface area (Å²) in [4.78, 5) is 41.2. The molecular formula is C27H25N3O8. The molecule has 0 radical (unpaired) electrons. The van der Waals surface area contributed by atoms with Crippen LogP contribution in [0.2, 0.25) is 0 Å². The zero-order chi connectivity index (χ0) is 27.2. The highest BCUT2D eigenvalue weighted by Crippen LogP contribution is 2.41. The van der Waals surface area contributed by atoms with Gasteiger partial charge in [0.05, 0.1) is 30.8 Å². The van der Waals surface area contributed by atoms with E-state index in [0.717, 1.165) is 12.7 Å². The minimum absolute atomic E-state index is 0.00468. The van der Waals surface area contributed by atoms with Crippen molar-refractivity contribution >= 4 is 23.3 Å². The summed E-state index contributed by atoms with van der Waals surface area (Å²) in [6, 6.07) is 14.8. The Bertz CT molecular complexity index is 1360. The minimum Gasteiger partial charge on any atom is -0.491 e. The van der Waals surface area contributed by atoms with Gasteiger partial charge in [0.25, 0.3) is 5.69 Å². The average molecular weight is 520 g/mol. The lowest BCUT2D eigenvalue weighted by molar-refractivity contribution is -0.384. The molecule has 0 aliphatic carbocycles. The van der Waals surface area contributed by atoms with Gasteiger partial charge in [-0.1, -0.05) is 30.3 Å². The lowest BCUT2D eigenvalue weighted by Gasteiger charge is -2.30. The third-order valence-electron chi connectivity index (χ3n) is 6.25. The fourth-order valence-electron chi connectivity index (χ4n) is 4.32. The molecule has 1 fully saturated rings. The second-order valence-corrected chi connectivity index (χ2v) is 8.70. The molecule has 0 saturated carbocycles. The van der Waals surface area contributed by atoms with E-state index in [-0.39, 0.29) is 40.9 Å². The summed E-state index contributed by atoms with van der Waals surface area (Å²) in [6.45, 7) is 2.62. The smallest absolute Gasteiger partial charge is 0.336 e. The average Bonchev–Trinajstić information content (AvgIpc) is 3.76. The maximum atomic E-state index is 13.4. The zero-order valence-corrected chi connectivity index (χ0v) is 20.8. The lowest BCUT2D eigenvalue weighted by atomic mass is 9.75. The Morgan fingerprint density at radius 2 is 2.00 bits per heavy atom. The highest BCUT2D eigenvalue weighted by Gasteiger charge is 2.44. The normalized spacial score (nSPS) is 20.1. The number of hydrogen-bond acceptors (Lipinski definition) is 10. The second-order valence-electron chi connectivity index (χ2n) is 8.70. The van der Waals surface area contributed by atoms with Crippen LogP contribution < -0.4 is 4.74 Å². The van der Waals surface area contributed by atoms with E-state index in [1.165, 1.54) is 25.1 Å². The number of rotatable bonds is 10. The van der Waals surface area contributed by atoms with Gasteiger partial charge in [-0.25, -0.2) is 9.79 Å². The van der Waals surface area contributed by atoms with Crippen LogP contribution in [0.1, 0.15) is 24.0 Å². The number of nitro groups is 1. The molecule has 3 atom stereocenters. The number of nitriles is 1. The van der Waals surface area contributed by atoms with Crippen molar-refractivity contribution in [3.8, 4) is 11.8 Å². The number of nitrogens with zero attached hydrogens (tertiary/aromatic N) is 3. The molecule has 0 spiro atoms. The van der Waals surface area contributed by atoms with Gasteiger partial charge in [0.15, 0.2) is 0 Å². The van der Waals surface area contributed by atoms with E-state index in [0.29, 0.717) is 25.4 Å². The van der Waals surface area contributed by atoms with E-state index in [2.05, 4.69) is 4.99 Å². The molecular weight excluding hydrogens is 494 g/mol. The maximum Gasteiger partial charge on any atom is 0.336 e. The summed E-state index contributed by atoms with van der Waals surface area (Å²) in [7, 11) is 1.15. The molecule has 0 bridgehead atoms. The molecule has 196 valence electrons. The molecule has 11 heteroatoms. The van der Waals surface area contributed by atoms with Crippen LogP contribution >= 0.6 is 0 Å². The quantitative estimate of drug-likeness (QED) is 0.199. The zero-order valence-electron chi connectivity index (χ0n) is 20.8. The van der Waals surface area contributed by atoms with Gasteiger partial charge in [-0.3, -0.25) is 14.9 Å². The first-order valence-corrected chi connectivity index (χ1v) is 11.8. The van der Waals surface area contributed by atoms with Crippen LogP contribution in [0.5, 0.6) is 5.75 Å². The van der Waals surface area contributed by atoms with Crippen LogP contribution in [-0.2, 0) is 30.2 Å². The maximum absolute atomic E-state index is 13.4. The number of methoxy groups -OCH3 is 1. The highest BCUT2D eigenvalue weighted by atomic mass is 16.6. The van der Waals surface area contributed by atoms with Crippen LogP contribution in [0.3, 0.4) is 0 Å². The van der Waals surface area contributed by atoms with Crippen molar-refractivity contribution in [1.82, 2.24) is 0 Å². The van der Waals surface area contributed by atoms with Crippen molar-refractivity contribution < 1.29 is 33.5 Å². The Labute approximate surface area is 218 Å². The highest BCUT2D eigenvalue weighted by molar-refractivity contribution is 6.14. The van der Waals surface area contributed by atoms with E-state index in [1.807, 2.05) is 30.3 Å². The number of epoxide rings is 1. The van der Waals surface area contributed by atoms with E-state index in [9.17, 15) is 25.0 Å². The first-order chi connectivity index (χ1) is 18.3. The van der Waals surface area contributed by atoms with Crippen molar-refractivity contribution in [2.75, 3.05) is 26.9 Å². The van der Waals surface area contributed by atoms with Gasteiger partial charge in [0.2, 0.25) is 0 Å². The number of non-ortho nitro benzene ring substituents is 1. The lowest BCUT2D eigenvalue weighted by Crippen LogP contribution is -2.37. The number of benzene rings is 2. The Morgan fingerprint density at radius 1 is 1.24 bits per heavy atom. The van der Waals surface area contributed by atoms with E-state index < -0.39 is 28.7 Å². The number of carbonyl (C=O) groups excluding carboxylic acids is 2. The number of ether oxygens (including phenoxy) is 4. The number of para-hydroxylation sites is 1. The number of carbonyl (C=O) groups is 2. The number of aliphatic imine (C=N–C) groups is 1. The van der Waals surface area contributed by atoms with Crippen molar-refractivity contribution in [2.45, 2.75) is 25.4 Å². The van der Waals surface area contributed by atoms with Gasteiger partial charge in [0.1, 0.15) is 36.2 Å². The van der Waals surface area contributed by atoms with Gasteiger partial charge >= 0.3 is 11.9 Å². The second kappa shape index (κ2) is 11.7. The summed E-state index contributed by atoms with van der Waals surface area (Å²) in [5, 5.41) is 21.1. The SMILES string of the molecule is COC(=O)C1C(C#N)=NC(C)=C(C(=O)OCCc2ccccc2OCC2CO2)C1c1cccc([N+](=O)[O-])c1. The predicted molar refractivity (Wildman–Crippen MR) is 133 cm³/mol. The third kappa shape index (κ3) is 5.87. The fraction of sp³-hybridized carbons (Fsp3) is 0.333. The van der Waals surface area contributed by atoms with Crippen molar-refractivity contribution in [1.29, 1.82) is 5.26 Å². The fourth-order valence-corrected chi connectivity index (χ4v) is 4.32. The van der Waals surface area contributed by atoms with E-state index in [4.69, 9.17) is 18.9 Å². The number of nitro benzene ring substituents is 1. The number of allylic oxidation sites excluding steroid dienone is 1. The number of hydrogen-bond donors (Lipinski definition) is 0. The van der Waals surface area contributed by atoms with Gasteiger partial charge in [-0.2, -0.15) is 5.26 Å². The standard InChI is InChI=1S/C27H25N3O8/c1-16-23(27(32)36-11-10-17-6-3-4-9-22(17)38-15-20-14-37-20)24(18-7-5-8-19(12-18)30(33)34)25(26(31)35-2)21(13-28)29-16/h3-9,12,20,24-25H,10-11,14-15H2,1-2H3. The van der Waals surface area contributed by atoms with Gasteiger partial charge in [-0.15, -0.1) is 0 Å². The summed E-state index contributed by atoms with van der Waals surface area (Å²) < 4.78 is 21.5.